The van der Waals surface area contributed by atoms with Crippen molar-refractivity contribution in [1.29, 1.82) is 0 Å². The summed E-state index contributed by atoms with van der Waals surface area (Å²) in [5, 5.41) is 6.67. The highest BCUT2D eigenvalue weighted by atomic mass is 35.5. The highest BCUT2D eigenvalue weighted by molar-refractivity contribution is 6.43. The maximum Gasteiger partial charge on any atom is 0.258 e. The molecule has 0 aliphatic heterocycles. The zero-order valence-electron chi connectivity index (χ0n) is 14.2. The molecule has 0 saturated carbocycles. The second-order valence-electron chi connectivity index (χ2n) is 5.79. The summed E-state index contributed by atoms with van der Waals surface area (Å²) in [4.78, 5) is 20.7. The molecule has 0 aliphatic rings. The lowest BCUT2D eigenvalue weighted by Gasteiger charge is -2.10. The molecule has 132 valence electrons. The normalized spacial score (nSPS) is 10.5. The molecule has 1 aromatic heterocycles. The van der Waals surface area contributed by atoms with Gasteiger partial charge in [0.25, 0.3) is 5.91 Å². The van der Waals surface area contributed by atoms with Gasteiger partial charge in [-0.2, -0.15) is 0 Å². The van der Waals surface area contributed by atoms with Crippen LogP contribution in [0.3, 0.4) is 0 Å². The Morgan fingerprint density at radius 2 is 1.73 bits per heavy atom. The fourth-order valence-electron chi connectivity index (χ4n) is 2.30. The summed E-state index contributed by atoms with van der Waals surface area (Å²) < 4.78 is 0. The lowest BCUT2D eigenvalue weighted by atomic mass is 10.1. The van der Waals surface area contributed by atoms with E-state index in [0.717, 1.165) is 16.8 Å². The molecular formula is C19H16Cl2N4O. The van der Waals surface area contributed by atoms with Crippen LogP contribution in [0.4, 0.5) is 17.3 Å². The number of carbonyl (C=O) groups excluding carboxylic acids is 1. The third-order valence-corrected chi connectivity index (χ3v) is 4.57. The lowest BCUT2D eigenvalue weighted by molar-refractivity contribution is 0.102. The summed E-state index contributed by atoms with van der Waals surface area (Å²) in [5.41, 5.74) is 3.77. The minimum Gasteiger partial charge on any atom is -0.323 e. The number of hydrogen-bond acceptors (Lipinski definition) is 4. The number of hydrogen-bond donors (Lipinski definition) is 2. The fraction of sp³-hybridized carbons (Fsp3) is 0.105. The molecule has 0 spiro atoms. The second kappa shape index (κ2) is 7.72. The Balaban J connectivity index is 1.73. The monoisotopic (exact) mass is 386 g/mol. The van der Waals surface area contributed by atoms with Crippen LogP contribution in [0.25, 0.3) is 0 Å². The van der Waals surface area contributed by atoms with Gasteiger partial charge in [0.2, 0.25) is 5.95 Å². The fourth-order valence-corrected chi connectivity index (χ4v) is 2.64. The Morgan fingerprint density at radius 3 is 2.46 bits per heavy atom. The molecule has 0 atom stereocenters. The standard InChI is InChI=1S/C19H16Cl2N4O/c1-11-6-7-12(2)16(8-11)24-18(26)13-9-22-19(23-10-13)25-15-5-3-4-14(20)17(15)21/h3-10H,1-2H3,(H,24,26)(H,22,23,25). The number of amides is 1. The van der Waals surface area contributed by atoms with E-state index in [0.29, 0.717) is 27.2 Å². The van der Waals surface area contributed by atoms with Gasteiger partial charge in [-0.25, -0.2) is 9.97 Å². The molecule has 3 aromatic rings. The first-order valence-corrected chi connectivity index (χ1v) is 8.61. The highest BCUT2D eigenvalue weighted by Gasteiger charge is 2.11. The van der Waals surface area contributed by atoms with E-state index in [1.807, 2.05) is 32.0 Å². The number of aromatic nitrogens is 2. The zero-order chi connectivity index (χ0) is 18.7. The maximum absolute atomic E-state index is 12.4. The Labute approximate surface area is 161 Å². The van der Waals surface area contributed by atoms with Gasteiger partial charge in [-0.05, 0) is 43.2 Å². The van der Waals surface area contributed by atoms with Crippen molar-refractivity contribution >= 4 is 46.4 Å². The molecule has 5 nitrogen and oxygen atoms in total. The Kier molecular flexibility index (Phi) is 5.40. The molecular weight excluding hydrogens is 371 g/mol. The highest BCUT2D eigenvalue weighted by Crippen LogP contribution is 2.30. The predicted molar refractivity (Wildman–Crippen MR) is 106 cm³/mol. The average Bonchev–Trinajstić information content (AvgIpc) is 2.62. The Morgan fingerprint density at radius 1 is 1.00 bits per heavy atom. The number of halogens is 2. The van der Waals surface area contributed by atoms with Crippen LogP contribution in [0.2, 0.25) is 10.0 Å². The minimum atomic E-state index is -0.272. The van der Waals surface area contributed by atoms with E-state index in [2.05, 4.69) is 20.6 Å². The molecule has 0 unspecified atom stereocenters. The van der Waals surface area contributed by atoms with E-state index in [4.69, 9.17) is 23.2 Å². The molecule has 26 heavy (non-hydrogen) atoms. The first-order valence-electron chi connectivity index (χ1n) is 7.86. The van der Waals surface area contributed by atoms with Crippen LogP contribution >= 0.6 is 23.2 Å². The largest absolute Gasteiger partial charge is 0.323 e. The number of benzene rings is 2. The summed E-state index contributed by atoms with van der Waals surface area (Å²) in [6.45, 7) is 3.91. The van der Waals surface area contributed by atoms with Crippen LogP contribution in [0.5, 0.6) is 0 Å². The number of carbonyl (C=O) groups is 1. The molecule has 0 aliphatic carbocycles. The van der Waals surface area contributed by atoms with Gasteiger partial charge >= 0.3 is 0 Å². The zero-order valence-corrected chi connectivity index (χ0v) is 15.7. The molecule has 3 rings (SSSR count). The molecule has 2 N–H and O–H groups in total. The SMILES string of the molecule is Cc1ccc(C)c(NC(=O)c2cnc(Nc3cccc(Cl)c3Cl)nc2)c1. The van der Waals surface area contributed by atoms with Crippen LogP contribution in [0.15, 0.2) is 48.8 Å². The third kappa shape index (κ3) is 4.12. The molecule has 0 radical (unpaired) electrons. The van der Waals surface area contributed by atoms with Gasteiger partial charge in [0.05, 0.1) is 21.3 Å². The van der Waals surface area contributed by atoms with Crippen molar-refractivity contribution in [3.63, 3.8) is 0 Å². The van der Waals surface area contributed by atoms with E-state index < -0.39 is 0 Å². The number of nitrogens with zero attached hydrogens (tertiary/aromatic N) is 2. The smallest absolute Gasteiger partial charge is 0.258 e. The number of nitrogens with one attached hydrogen (secondary N) is 2. The minimum absolute atomic E-state index is 0.272. The van der Waals surface area contributed by atoms with Gasteiger partial charge in [-0.15, -0.1) is 0 Å². The Hall–Kier alpha value is -2.63. The van der Waals surface area contributed by atoms with Crippen molar-refractivity contribution < 1.29 is 4.79 Å². The number of anilines is 3. The van der Waals surface area contributed by atoms with Crippen LogP contribution in [-0.2, 0) is 0 Å². The maximum atomic E-state index is 12.4. The average molecular weight is 387 g/mol. The summed E-state index contributed by atoms with van der Waals surface area (Å²) >= 11 is 12.1. The molecule has 0 saturated heterocycles. The van der Waals surface area contributed by atoms with Crippen LogP contribution < -0.4 is 10.6 Å². The first-order chi connectivity index (χ1) is 12.4. The van der Waals surface area contributed by atoms with Crippen molar-refractivity contribution in [3.8, 4) is 0 Å². The molecule has 2 aromatic carbocycles. The quantitative estimate of drug-likeness (QED) is 0.629. The van der Waals surface area contributed by atoms with Gasteiger partial charge in [0.15, 0.2) is 0 Å². The van der Waals surface area contributed by atoms with E-state index in [9.17, 15) is 4.79 Å². The van der Waals surface area contributed by atoms with Gasteiger partial charge in [-0.1, -0.05) is 41.4 Å². The number of aryl methyl sites for hydroxylation is 2. The number of rotatable bonds is 4. The van der Waals surface area contributed by atoms with Crippen molar-refractivity contribution in [1.82, 2.24) is 9.97 Å². The van der Waals surface area contributed by atoms with E-state index in [1.165, 1.54) is 12.4 Å². The van der Waals surface area contributed by atoms with Crippen molar-refractivity contribution in [3.05, 3.63) is 75.5 Å². The van der Waals surface area contributed by atoms with Gasteiger partial charge in [0, 0.05) is 18.1 Å². The van der Waals surface area contributed by atoms with Gasteiger partial charge < -0.3 is 10.6 Å². The molecule has 1 amide bonds. The van der Waals surface area contributed by atoms with Crippen LogP contribution in [0, 0.1) is 13.8 Å². The third-order valence-electron chi connectivity index (χ3n) is 3.75. The Bertz CT molecular complexity index is 958. The molecule has 0 fully saturated rings. The van der Waals surface area contributed by atoms with E-state index in [1.54, 1.807) is 18.2 Å². The van der Waals surface area contributed by atoms with E-state index >= 15 is 0 Å². The van der Waals surface area contributed by atoms with Crippen molar-refractivity contribution in [2.45, 2.75) is 13.8 Å². The summed E-state index contributed by atoms with van der Waals surface area (Å²) in [7, 11) is 0. The summed E-state index contributed by atoms with van der Waals surface area (Å²) in [5.74, 6) is 0.0449. The molecule has 0 bridgehead atoms. The lowest BCUT2D eigenvalue weighted by Crippen LogP contribution is -2.14. The predicted octanol–water partition coefficient (Wildman–Crippen LogP) is 5.40. The second-order valence-corrected chi connectivity index (χ2v) is 6.58. The molecule has 1 heterocycles. The van der Waals surface area contributed by atoms with Crippen molar-refractivity contribution in [2.75, 3.05) is 10.6 Å². The van der Waals surface area contributed by atoms with Crippen molar-refractivity contribution in [2.24, 2.45) is 0 Å². The summed E-state index contributed by atoms with van der Waals surface area (Å²) in [6, 6.07) is 11.1. The van der Waals surface area contributed by atoms with Crippen LogP contribution in [-0.4, -0.2) is 15.9 Å². The van der Waals surface area contributed by atoms with Gasteiger partial charge in [0.1, 0.15) is 0 Å². The summed E-state index contributed by atoms with van der Waals surface area (Å²) in [6.07, 6.45) is 2.91. The molecule has 7 heteroatoms. The van der Waals surface area contributed by atoms with Crippen LogP contribution in [0.1, 0.15) is 21.5 Å². The first kappa shape index (κ1) is 18.2. The topological polar surface area (TPSA) is 66.9 Å². The van der Waals surface area contributed by atoms with Gasteiger partial charge in [-0.3, -0.25) is 4.79 Å². The van der Waals surface area contributed by atoms with E-state index in [-0.39, 0.29) is 5.91 Å².